The summed E-state index contributed by atoms with van der Waals surface area (Å²) in [5.74, 6) is 0. The van der Waals surface area contributed by atoms with Gasteiger partial charge < -0.3 is 35.7 Å². The van der Waals surface area contributed by atoms with Gasteiger partial charge in [-0.15, -0.1) is 0 Å². The lowest BCUT2D eigenvalue weighted by Gasteiger charge is -2.26. The fourth-order valence-corrected chi connectivity index (χ4v) is 0.714. The lowest BCUT2D eigenvalue weighted by Crippen LogP contribution is -2.49. The maximum absolute atomic E-state index is 8.97. The SMILES string of the molecule is OC[C@@H](O)[C@@H](O)[C@H](O)[C@H](O)C(O)O. The highest BCUT2D eigenvalue weighted by molar-refractivity contribution is 4.81. The molecule has 0 saturated heterocycles. The number of hydrogen-bond acceptors (Lipinski definition) is 7. The Bertz CT molecular complexity index is 139. The predicted molar refractivity (Wildman–Crippen MR) is 39.3 cm³/mol. The molecular formula is C6H14O7. The first-order valence-corrected chi connectivity index (χ1v) is 3.61. The molecule has 13 heavy (non-hydrogen) atoms. The normalized spacial score (nSPS) is 21.2. The molecule has 80 valence electrons. The summed E-state index contributed by atoms with van der Waals surface area (Å²) in [5.41, 5.74) is 0. The zero-order chi connectivity index (χ0) is 10.6. The topological polar surface area (TPSA) is 142 Å². The molecule has 0 amide bonds. The maximum Gasteiger partial charge on any atom is 0.180 e. The highest BCUT2D eigenvalue weighted by atomic mass is 16.5. The van der Waals surface area contributed by atoms with E-state index in [9.17, 15) is 0 Å². The van der Waals surface area contributed by atoms with Crippen LogP contribution in [0.25, 0.3) is 0 Å². The summed E-state index contributed by atoms with van der Waals surface area (Å²) in [6.07, 6.45) is -9.67. The van der Waals surface area contributed by atoms with Crippen LogP contribution in [0.1, 0.15) is 0 Å². The molecule has 0 aromatic carbocycles. The third-order valence-electron chi connectivity index (χ3n) is 1.59. The molecule has 0 aromatic rings. The second-order valence-electron chi connectivity index (χ2n) is 2.64. The van der Waals surface area contributed by atoms with Crippen LogP contribution in [0.4, 0.5) is 0 Å². The molecule has 0 unspecified atom stereocenters. The van der Waals surface area contributed by atoms with Gasteiger partial charge in [0.2, 0.25) is 0 Å². The van der Waals surface area contributed by atoms with E-state index < -0.39 is 37.3 Å². The van der Waals surface area contributed by atoms with Gasteiger partial charge >= 0.3 is 0 Å². The third-order valence-corrected chi connectivity index (χ3v) is 1.59. The van der Waals surface area contributed by atoms with Crippen LogP contribution in [0.15, 0.2) is 0 Å². The summed E-state index contributed by atoms with van der Waals surface area (Å²) in [4.78, 5) is 0. The van der Waals surface area contributed by atoms with Crippen molar-refractivity contribution in [2.24, 2.45) is 0 Å². The van der Waals surface area contributed by atoms with Gasteiger partial charge in [0.1, 0.15) is 24.4 Å². The van der Waals surface area contributed by atoms with Crippen LogP contribution in [0, 0.1) is 0 Å². The van der Waals surface area contributed by atoms with Gasteiger partial charge in [0.05, 0.1) is 6.61 Å². The Labute approximate surface area is 74.1 Å². The summed E-state index contributed by atoms with van der Waals surface area (Å²) in [6, 6.07) is 0. The summed E-state index contributed by atoms with van der Waals surface area (Å²) in [6.45, 7) is -0.813. The Morgan fingerprint density at radius 1 is 0.692 bits per heavy atom. The van der Waals surface area contributed by atoms with Crippen LogP contribution < -0.4 is 0 Å². The monoisotopic (exact) mass is 198 g/mol. The van der Waals surface area contributed by atoms with E-state index in [0.29, 0.717) is 0 Å². The minimum absolute atomic E-state index is 0.813. The minimum atomic E-state index is -2.23. The number of aliphatic hydroxyl groups excluding tert-OH is 6. The quantitative estimate of drug-likeness (QED) is 0.222. The Balaban J connectivity index is 4.15. The molecule has 0 aromatic heterocycles. The van der Waals surface area contributed by atoms with Gasteiger partial charge in [-0.25, -0.2) is 0 Å². The van der Waals surface area contributed by atoms with Crippen LogP contribution in [-0.4, -0.2) is 73.1 Å². The van der Waals surface area contributed by atoms with E-state index in [1.165, 1.54) is 0 Å². The number of hydrogen-bond donors (Lipinski definition) is 7. The van der Waals surface area contributed by atoms with E-state index in [2.05, 4.69) is 0 Å². The lowest BCUT2D eigenvalue weighted by molar-refractivity contribution is -0.190. The summed E-state index contributed by atoms with van der Waals surface area (Å²) in [7, 11) is 0. The molecule has 7 nitrogen and oxygen atoms in total. The zero-order valence-corrected chi connectivity index (χ0v) is 6.72. The average Bonchev–Trinajstić information content (AvgIpc) is 2.12. The fraction of sp³-hybridized carbons (Fsp3) is 1.00. The van der Waals surface area contributed by atoms with Crippen molar-refractivity contribution in [3.8, 4) is 0 Å². The Hall–Kier alpha value is -0.280. The first kappa shape index (κ1) is 12.7. The van der Waals surface area contributed by atoms with Crippen LogP contribution in [0.3, 0.4) is 0 Å². The molecule has 7 N–H and O–H groups in total. The van der Waals surface area contributed by atoms with Crippen LogP contribution in [-0.2, 0) is 0 Å². The van der Waals surface area contributed by atoms with E-state index in [-0.39, 0.29) is 0 Å². The zero-order valence-electron chi connectivity index (χ0n) is 6.72. The van der Waals surface area contributed by atoms with E-state index in [0.717, 1.165) is 0 Å². The molecule has 0 radical (unpaired) electrons. The van der Waals surface area contributed by atoms with E-state index in [1.54, 1.807) is 0 Å². The van der Waals surface area contributed by atoms with Crippen molar-refractivity contribution in [2.75, 3.05) is 6.61 Å². The summed E-state index contributed by atoms with van der Waals surface area (Å²) in [5, 5.41) is 60.6. The van der Waals surface area contributed by atoms with Gasteiger partial charge in [-0.1, -0.05) is 0 Å². The molecule has 0 spiro atoms. The first-order valence-electron chi connectivity index (χ1n) is 3.61. The molecule has 0 heterocycles. The smallest absolute Gasteiger partial charge is 0.180 e. The fourth-order valence-electron chi connectivity index (χ4n) is 0.714. The van der Waals surface area contributed by atoms with Crippen molar-refractivity contribution in [2.45, 2.75) is 30.7 Å². The molecular weight excluding hydrogens is 184 g/mol. The van der Waals surface area contributed by atoms with E-state index in [1.807, 2.05) is 0 Å². The van der Waals surface area contributed by atoms with Gasteiger partial charge in [-0.2, -0.15) is 0 Å². The molecule has 0 aliphatic rings. The minimum Gasteiger partial charge on any atom is -0.394 e. The van der Waals surface area contributed by atoms with Crippen LogP contribution in [0.2, 0.25) is 0 Å². The number of aliphatic hydroxyl groups is 7. The predicted octanol–water partition coefficient (Wildman–Crippen LogP) is -4.27. The first-order chi connectivity index (χ1) is 5.91. The molecule has 0 saturated carbocycles. The van der Waals surface area contributed by atoms with Crippen molar-refractivity contribution >= 4 is 0 Å². The summed E-state index contributed by atoms with van der Waals surface area (Å²) >= 11 is 0. The molecule has 4 atom stereocenters. The average molecular weight is 198 g/mol. The summed E-state index contributed by atoms with van der Waals surface area (Å²) < 4.78 is 0. The van der Waals surface area contributed by atoms with Crippen molar-refractivity contribution in [3.05, 3.63) is 0 Å². The Morgan fingerprint density at radius 2 is 1.15 bits per heavy atom. The standard InChI is InChI=1S/C6H14O7/c7-1-2(8)3(9)4(10)5(11)6(12)13/h2-13H,1H2/t2-,3-,4+,5+/m1/s1. The highest BCUT2D eigenvalue weighted by Crippen LogP contribution is 2.06. The second-order valence-corrected chi connectivity index (χ2v) is 2.64. The van der Waals surface area contributed by atoms with Crippen molar-refractivity contribution in [1.29, 1.82) is 0 Å². The Kier molecular flexibility index (Phi) is 5.33. The second kappa shape index (κ2) is 5.45. The van der Waals surface area contributed by atoms with Gasteiger partial charge in [-0.3, -0.25) is 0 Å². The van der Waals surface area contributed by atoms with Crippen LogP contribution in [0.5, 0.6) is 0 Å². The molecule has 0 rings (SSSR count). The van der Waals surface area contributed by atoms with E-state index >= 15 is 0 Å². The van der Waals surface area contributed by atoms with Crippen LogP contribution >= 0.6 is 0 Å². The highest BCUT2D eigenvalue weighted by Gasteiger charge is 2.33. The third kappa shape index (κ3) is 3.53. The van der Waals surface area contributed by atoms with Gasteiger partial charge in [0.25, 0.3) is 0 Å². The van der Waals surface area contributed by atoms with Crippen molar-refractivity contribution < 1.29 is 35.7 Å². The Morgan fingerprint density at radius 3 is 1.46 bits per heavy atom. The maximum atomic E-state index is 8.97. The molecule has 7 heteroatoms. The van der Waals surface area contributed by atoms with E-state index in [4.69, 9.17) is 35.7 Å². The van der Waals surface area contributed by atoms with Gasteiger partial charge in [0, 0.05) is 0 Å². The van der Waals surface area contributed by atoms with Gasteiger partial charge in [0.15, 0.2) is 6.29 Å². The lowest BCUT2D eigenvalue weighted by atomic mass is 10.0. The largest absolute Gasteiger partial charge is 0.394 e. The molecule has 0 bridgehead atoms. The molecule has 0 fully saturated rings. The van der Waals surface area contributed by atoms with Crippen molar-refractivity contribution in [3.63, 3.8) is 0 Å². The molecule has 0 aliphatic heterocycles. The van der Waals surface area contributed by atoms with Gasteiger partial charge in [-0.05, 0) is 0 Å². The molecule has 0 aliphatic carbocycles. The number of rotatable bonds is 5. The van der Waals surface area contributed by atoms with Crippen molar-refractivity contribution in [1.82, 2.24) is 0 Å².